The molecule has 7 aromatic rings. The molecule has 3 heterocycles. The van der Waals surface area contributed by atoms with Gasteiger partial charge >= 0.3 is 11.9 Å². The molecule has 5 atom stereocenters. The van der Waals surface area contributed by atoms with Crippen molar-refractivity contribution in [3.05, 3.63) is 211 Å². The summed E-state index contributed by atoms with van der Waals surface area (Å²) < 4.78 is 53.1. The van der Waals surface area contributed by atoms with E-state index in [-0.39, 0.29) is 77.3 Å². The van der Waals surface area contributed by atoms with Gasteiger partial charge in [0.05, 0.1) is 61.9 Å². The predicted molar refractivity (Wildman–Crippen MR) is 254 cm³/mol. The minimum Gasteiger partial charge on any atom is -0.459 e. The Hall–Kier alpha value is -8.12. The third kappa shape index (κ3) is 15.4. The van der Waals surface area contributed by atoms with E-state index in [0.717, 1.165) is 16.7 Å². The van der Waals surface area contributed by atoms with Gasteiger partial charge in [0.15, 0.2) is 6.29 Å². The van der Waals surface area contributed by atoms with Crippen molar-refractivity contribution in [1.29, 1.82) is 0 Å². The molecule has 1 fully saturated rings. The van der Waals surface area contributed by atoms with Gasteiger partial charge in [-0.3, -0.25) is 29.8 Å². The largest absolute Gasteiger partial charge is 0.459 e. The molecule has 22 nitrogen and oxygen atoms in total. The summed E-state index contributed by atoms with van der Waals surface area (Å²) in [7, 11) is 0. The van der Waals surface area contributed by atoms with Crippen LogP contribution in [0.5, 0.6) is 0 Å². The SMILES string of the molecule is O=C(Cn1cc(COC[C@H]2O[C@H](OCc3cn(CC(=O)OCc4ccc([N+](=O)[O-])cc4)nn3)[C@H](OCc3ccccc3)[C@@H](OCc3ccccc3)[C@@H]2OCc2ccccc2)nn1)OCc1ccc([N+](=O)[O-])cc1. The van der Waals surface area contributed by atoms with Crippen molar-refractivity contribution in [2.45, 2.75) is 90.0 Å². The fourth-order valence-corrected chi connectivity index (χ4v) is 7.54. The molecule has 2 aromatic heterocycles. The molecule has 0 saturated carbocycles. The van der Waals surface area contributed by atoms with Crippen molar-refractivity contribution in [2.75, 3.05) is 6.61 Å². The van der Waals surface area contributed by atoms with Crippen LogP contribution in [-0.4, -0.2) is 89.1 Å². The van der Waals surface area contributed by atoms with E-state index in [2.05, 4.69) is 20.6 Å². The van der Waals surface area contributed by atoms with E-state index in [4.69, 9.17) is 37.9 Å². The molecule has 1 saturated heterocycles. The number of ether oxygens (including phenoxy) is 8. The number of aromatic nitrogens is 6. The molecule has 378 valence electrons. The maximum Gasteiger partial charge on any atom is 0.328 e. The lowest BCUT2D eigenvalue weighted by molar-refractivity contribution is -0.385. The Labute approximate surface area is 417 Å². The highest BCUT2D eigenvalue weighted by Crippen LogP contribution is 2.32. The topological polar surface area (TPSA) is 256 Å². The van der Waals surface area contributed by atoms with Crippen LogP contribution in [0.15, 0.2) is 152 Å². The van der Waals surface area contributed by atoms with Gasteiger partial charge in [-0.1, -0.05) is 101 Å². The van der Waals surface area contributed by atoms with Gasteiger partial charge < -0.3 is 37.9 Å². The zero-order valence-corrected chi connectivity index (χ0v) is 39.2. The van der Waals surface area contributed by atoms with Gasteiger partial charge in [-0.2, -0.15) is 0 Å². The number of hydrogen-bond acceptors (Lipinski definition) is 18. The number of nitro groups is 2. The minimum absolute atomic E-state index is 0.0302. The summed E-state index contributed by atoms with van der Waals surface area (Å²) in [6, 6.07) is 40.3. The maximum atomic E-state index is 12.8. The van der Waals surface area contributed by atoms with Crippen LogP contribution in [0.1, 0.15) is 39.2 Å². The highest BCUT2D eigenvalue weighted by molar-refractivity contribution is 5.69. The minimum atomic E-state index is -1.09. The first-order chi connectivity index (χ1) is 35.6. The average molecular weight is 999 g/mol. The Morgan fingerprint density at radius 1 is 0.493 bits per heavy atom. The number of nitro benzene ring substituents is 2. The Morgan fingerprint density at radius 2 is 0.904 bits per heavy atom. The van der Waals surface area contributed by atoms with Crippen LogP contribution in [-0.2, 0) is 107 Å². The van der Waals surface area contributed by atoms with Crippen molar-refractivity contribution < 1.29 is 57.3 Å². The number of hydrogen-bond donors (Lipinski definition) is 0. The Kier molecular flexibility index (Phi) is 18.1. The molecule has 0 bridgehead atoms. The second-order valence-corrected chi connectivity index (χ2v) is 16.6. The second-order valence-electron chi connectivity index (χ2n) is 16.6. The van der Waals surface area contributed by atoms with Crippen LogP contribution in [0.4, 0.5) is 11.4 Å². The third-order valence-electron chi connectivity index (χ3n) is 11.2. The smallest absolute Gasteiger partial charge is 0.328 e. The van der Waals surface area contributed by atoms with Gasteiger partial charge in [0, 0.05) is 24.3 Å². The van der Waals surface area contributed by atoms with E-state index < -0.39 is 52.5 Å². The molecular weight excluding hydrogens is 949 g/mol. The molecule has 8 rings (SSSR count). The molecule has 0 spiro atoms. The van der Waals surface area contributed by atoms with E-state index in [9.17, 15) is 29.8 Å². The van der Waals surface area contributed by atoms with E-state index in [1.54, 1.807) is 6.20 Å². The highest BCUT2D eigenvalue weighted by Gasteiger charge is 2.49. The Bertz CT molecular complexity index is 2860. The van der Waals surface area contributed by atoms with Gasteiger partial charge in [0.2, 0.25) is 0 Å². The van der Waals surface area contributed by atoms with E-state index in [0.29, 0.717) is 22.5 Å². The van der Waals surface area contributed by atoms with Crippen molar-refractivity contribution in [3.63, 3.8) is 0 Å². The Balaban J connectivity index is 0.970. The normalized spacial score (nSPS) is 17.5. The zero-order valence-electron chi connectivity index (χ0n) is 39.2. The molecule has 0 radical (unpaired) electrons. The van der Waals surface area contributed by atoms with Crippen molar-refractivity contribution in [1.82, 2.24) is 30.0 Å². The third-order valence-corrected chi connectivity index (χ3v) is 11.2. The fourth-order valence-electron chi connectivity index (χ4n) is 7.54. The molecule has 1 aliphatic heterocycles. The van der Waals surface area contributed by atoms with Crippen LogP contribution in [0.2, 0.25) is 0 Å². The van der Waals surface area contributed by atoms with Gasteiger partial charge in [-0.25, -0.2) is 9.36 Å². The van der Waals surface area contributed by atoms with Crippen LogP contribution >= 0.6 is 0 Å². The van der Waals surface area contributed by atoms with Gasteiger partial charge in [0.25, 0.3) is 11.4 Å². The number of rotatable bonds is 26. The second kappa shape index (κ2) is 25.8. The monoisotopic (exact) mass is 998 g/mol. The maximum absolute atomic E-state index is 12.8. The van der Waals surface area contributed by atoms with Gasteiger partial charge in [0.1, 0.15) is 62.1 Å². The summed E-state index contributed by atoms with van der Waals surface area (Å²) in [6.07, 6.45) is -1.30. The summed E-state index contributed by atoms with van der Waals surface area (Å²) >= 11 is 0. The molecule has 22 heteroatoms. The van der Waals surface area contributed by atoms with Crippen LogP contribution in [0.25, 0.3) is 0 Å². The standard InChI is InChI=1S/C51H50N8O14/c60-46(67-28-39-16-20-43(21-17-39)58(62)63)26-56-24-41(52-54-56)33-66-35-45-48(69-30-36-10-4-1-5-11-36)49(70-31-37-12-6-2-7-13-37)50(71-32-38-14-8-3-9-15-38)51(73-45)72-34-42-25-57(55-53-42)27-47(61)68-29-40-18-22-44(23-19-40)59(64)65/h1-25,45,48-51H,26-35H2/t45-,48-,49+,50-,51+/m1/s1. The zero-order chi connectivity index (χ0) is 50.8. The molecule has 73 heavy (non-hydrogen) atoms. The molecule has 0 N–H and O–H groups in total. The Morgan fingerprint density at radius 3 is 1.36 bits per heavy atom. The van der Waals surface area contributed by atoms with Gasteiger partial charge in [-0.05, 0) is 52.1 Å². The lowest BCUT2D eigenvalue weighted by Gasteiger charge is -2.45. The van der Waals surface area contributed by atoms with E-state index >= 15 is 0 Å². The first-order valence-corrected chi connectivity index (χ1v) is 23.0. The summed E-state index contributed by atoms with van der Waals surface area (Å²) in [6.45, 7) is -0.320. The highest BCUT2D eigenvalue weighted by atomic mass is 16.7. The first-order valence-electron chi connectivity index (χ1n) is 23.0. The first kappa shape index (κ1) is 51.2. The summed E-state index contributed by atoms with van der Waals surface area (Å²) in [4.78, 5) is 46.4. The van der Waals surface area contributed by atoms with Crippen LogP contribution in [0, 0.1) is 20.2 Å². The number of non-ortho nitro benzene ring substituents is 2. The average Bonchev–Trinajstić information content (AvgIpc) is 4.07. The van der Waals surface area contributed by atoms with Crippen LogP contribution < -0.4 is 0 Å². The fraction of sp³-hybridized carbons (Fsp3) is 0.294. The number of carbonyl (C=O) groups is 2. The number of esters is 2. The van der Waals surface area contributed by atoms with E-state index in [1.165, 1.54) is 64.1 Å². The van der Waals surface area contributed by atoms with E-state index in [1.807, 2.05) is 91.0 Å². The molecule has 1 aliphatic rings. The number of benzene rings is 5. The van der Waals surface area contributed by atoms with Gasteiger partial charge in [-0.15, -0.1) is 10.2 Å². The molecule has 0 unspecified atom stereocenters. The molecule has 5 aromatic carbocycles. The van der Waals surface area contributed by atoms with Crippen molar-refractivity contribution in [2.24, 2.45) is 0 Å². The summed E-state index contributed by atoms with van der Waals surface area (Å²) in [5.41, 5.74) is 4.50. The summed E-state index contributed by atoms with van der Waals surface area (Å²) in [5, 5.41) is 38.5. The predicted octanol–water partition coefficient (Wildman–Crippen LogP) is 6.39. The lowest BCUT2D eigenvalue weighted by Crippen LogP contribution is -2.61. The molecular formula is C51H50N8O14. The van der Waals surface area contributed by atoms with Crippen LogP contribution in [0.3, 0.4) is 0 Å². The number of nitrogens with zero attached hydrogens (tertiary/aromatic N) is 8. The van der Waals surface area contributed by atoms with Crippen molar-refractivity contribution in [3.8, 4) is 0 Å². The number of carbonyl (C=O) groups excluding carboxylic acids is 2. The summed E-state index contributed by atoms with van der Waals surface area (Å²) in [5.74, 6) is -1.20. The van der Waals surface area contributed by atoms with Crippen molar-refractivity contribution >= 4 is 23.3 Å². The molecule has 0 aliphatic carbocycles. The molecule has 0 amide bonds. The lowest BCUT2D eigenvalue weighted by atomic mass is 9.97. The quantitative estimate of drug-likeness (QED) is 0.0324.